The van der Waals surface area contributed by atoms with Gasteiger partial charge in [-0.25, -0.2) is 4.39 Å². The van der Waals surface area contributed by atoms with Crippen molar-refractivity contribution in [1.29, 1.82) is 0 Å². The van der Waals surface area contributed by atoms with Crippen LogP contribution in [0.15, 0.2) is 48.5 Å². The van der Waals surface area contributed by atoms with E-state index in [-0.39, 0.29) is 11.6 Å². The van der Waals surface area contributed by atoms with Gasteiger partial charge in [0.2, 0.25) is 0 Å². The van der Waals surface area contributed by atoms with Crippen LogP contribution in [0.4, 0.5) is 10.1 Å². The van der Waals surface area contributed by atoms with Gasteiger partial charge in [-0.3, -0.25) is 4.79 Å². The minimum absolute atomic E-state index is 0.0162. The third-order valence-electron chi connectivity index (χ3n) is 3.22. The molecule has 0 amide bonds. The molecule has 0 heterocycles. The number of benzene rings is 2. The Morgan fingerprint density at radius 3 is 2.48 bits per heavy atom. The van der Waals surface area contributed by atoms with Crippen LogP contribution in [0.5, 0.6) is 5.75 Å². The molecule has 0 fully saturated rings. The highest BCUT2D eigenvalue weighted by Crippen LogP contribution is 2.19. The first-order chi connectivity index (χ1) is 10.1. The Bertz CT molecular complexity index is 610. The smallest absolute Gasteiger partial charge is 0.163 e. The van der Waals surface area contributed by atoms with E-state index >= 15 is 0 Å². The summed E-state index contributed by atoms with van der Waals surface area (Å²) in [5.41, 5.74) is 1.50. The Morgan fingerprint density at radius 1 is 1.14 bits per heavy atom. The number of carbonyl (C=O) groups is 1. The molecule has 0 unspecified atom stereocenters. The van der Waals surface area contributed by atoms with Gasteiger partial charge in [0.25, 0.3) is 0 Å². The molecule has 0 spiro atoms. The van der Waals surface area contributed by atoms with Crippen LogP contribution >= 0.6 is 0 Å². The van der Waals surface area contributed by atoms with Gasteiger partial charge in [-0.05, 0) is 43.3 Å². The molecule has 2 rings (SSSR count). The van der Waals surface area contributed by atoms with Gasteiger partial charge in [-0.15, -0.1) is 0 Å². The lowest BCUT2D eigenvalue weighted by Crippen LogP contribution is -2.24. The van der Waals surface area contributed by atoms with Crippen molar-refractivity contribution in [2.75, 3.05) is 25.1 Å². The Balaban J connectivity index is 1.92. The molecule has 0 N–H and O–H groups in total. The van der Waals surface area contributed by atoms with Crippen LogP contribution in [-0.2, 0) is 0 Å². The van der Waals surface area contributed by atoms with Gasteiger partial charge in [0.15, 0.2) is 5.78 Å². The summed E-state index contributed by atoms with van der Waals surface area (Å²) in [6.07, 6.45) is 0. The van der Waals surface area contributed by atoms with Crippen LogP contribution in [0.3, 0.4) is 0 Å². The molecule has 2 aromatic rings. The van der Waals surface area contributed by atoms with E-state index in [2.05, 4.69) is 0 Å². The summed E-state index contributed by atoms with van der Waals surface area (Å²) in [7, 11) is 1.91. The molecule has 4 heteroatoms. The fourth-order valence-corrected chi connectivity index (χ4v) is 2.00. The molecule has 0 aliphatic rings. The number of hydrogen-bond acceptors (Lipinski definition) is 3. The normalized spacial score (nSPS) is 10.2. The largest absolute Gasteiger partial charge is 0.491 e. The summed E-state index contributed by atoms with van der Waals surface area (Å²) < 4.78 is 18.5. The van der Waals surface area contributed by atoms with E-state index in [4.69, 9.17) is 4.74 Å². The van der Waals surface area contributed by atoms with Gasteiger partial charge >= 0.3 is 0 Å². The molecule has 0 saturated carbocycles. The molecular weight excluding hydrogens is 269 g/mol. The second-order valence-corrected chi connectivity index (χ2v) is 4.80. The van der Waals surface area contributed by atoms with Gasteiger partial charge in [-0.2, -0.15) is 0 Å². The number of carbonyl (C=O) groups excluding carboxylic acids is 1. The Kier molecular flexibility index (Phi) is 4.93. The van der Waals surface area contributed by atoms with E-state index in [0.29, 0.717) is 24.5 Å². The van der Waals surface area contributed by atoms with Crippen molar-refractivity contribution in [3.63, 3.8) is 0 Å². The Labute approximate surface area is 124 Å². The van der Waals surface area contributed by atoms with Crippen LogP contribution in [0.1, 0.15) is 17.3 Å². The standard InChI is InChI=1S/C17H18FNO2/c1-13(20)16-5-3-4-6-17(16)21-12-11-19(2)15-9-7-14(18)8-10-15/h3-10H,11-12H2,1-2H3. The van der Waals surface area contributed by atoms with Crippen molar-refractivity contribution in [3.8, 4) is 5.75 Å². The maximum absolute atomic E-state index is 12.9. The Morgan fingerprint density at radius 2 is 1.81 bits per heavy atom. The Hall–Kier alpha value is -2.36. The lowest BCUT2D eigenvalue weighted by Gasteiger charge is -2.19. The lowest BCUT2D eigenvalue weighted by atomic mass is 10.1. The number of para-hydroxylation sites is 1. The van der Waals surface area contributed by atoms with Crippen LogP contribution < -0.4 is 9.64 Å². The minimum Gasteiger partial charge on any atom is -0.491 e. The van der Waals surface area contributed by atoms with E-state index in [9.17, 15) is 9.18 Å². The SMILES string of the molecule is CC(=O)c1ccccc1OCCN(C)c1ccc(F)cc1. The van der Waals surface area contributed by atoms with E-state index < -0.39 is 0 Å². The average molecular weight is 287 g/mol. The zero-order valence-electron chi connectivity index (χ0n) is 12.2. The van der Waals surface area contributed by atoms with Gasteiger partial charge < -0.3 is 9.64 Å². The molecule has 0 aromatic heterocycles. The van der Waals surface area contributed by atoms with Crippen LogP contribution in [0.2, 0.25) is 0 Å². The zero-order valence-corrected chi connectivity index (χ0v) is 12.2. The summed E-state index contributed by atoms with van der Waals surface area (Å²) in [5, 5.41) is 0. The highest BCUT2D eigenvalue weighted by Gasteiger charge is 2.08. The summed E-state index contributed by atoms with van der Waals surface area (Å²) in [6.45, 7) is 2.60. The van der Waals surface area contributed by atoms with Crippen molar-refractivity contribution in [2.45, 2.75) is 6.92 Å². The fourth-order valence-electron chi connectivity index (χ4n) is 2.00. The number of Topliss-reactive ketones (excluding diaryl/α,β-unsaturated/α-hetero) is 1. The molecule has 3 nitrogen and oxygen atoms in total. The highest BCUT2D eigenvalue weighted by molar-refractivity contribution is 5.96. The number of hydrogen-bond donors (Lipinski definition) is 0. The van der Waals surface area contributed by atoms with Gasteiger partial charge in [0.05, 0.1) is 12.1 Å². The number of ketones is 1. The number of anilines is 1. The minimum atomic E-state index is -0.251. The number of likely N-dealkylation sites (N-methyl/N-ethyl adjacent to an activating group) is 1. The fraction of sp³-hybridized carbons (Fsp3) is 0.235. The number of ether oxygens (including phenoxy) is 1. The van der Waals surface area contributed by atoms with Crippen LogP contribution in [0, 0.1) is 5.82 Å². The van der Waals surface area contributed by atoms with Crippen molar-refractivity contribution < 1.29 is 13.9 Å². The topological polar surface area (TPSA) is 29.5 Å². The first kappa shape index (κ1) is 15.0. The predicted molar refractivity (Wildman–Crippen MR) is 81.6 cm³/mol. The van der Waals surface area contributed by atoms with E-state index in [1.165, 1.54) is 19.1 Å². The van der Waals surface area contributed by atoms with E-state index in [1.807, 2.05) is 24.1 Å². The van der Waals surface area contributed by atoms with Crippen LogP contribution in [0.25, 0.3) is 0 Å². The predicted octanol–water partition coefficient (Wildman–Crippen LogP) is 3.54. The van der Waals surface area contributed by atoms with Crippen molar-refractivity contribution in [1.82, 2.24) is 0 Å². The molecule has 0 aliphatic heterocycles. The van der Waals surface area contributed by atoms with Crippen molar-refractivity contribution in [3.05, 3.63) is 59.9 Å². The van der Waals surface area contributed by atoms with E-state index in [1.54, 1.807) is 24.3 Å². The number of nitrogens with zero attached hydrogens (tertiary/aromatic N) is 1. The van der Waals surface area contributed by atoms with Crippen LogP contribution in [-0.4, -0.2) is 26.0 Å². The summed E-state index contributed by atoms with van der Waals surface area (Å²) in [5.74, 6) is 0.328. The molecule has 0 aliphatic carbocycles. The summed E-state index contributed by atoms with van der Waals surface area (Å²) >= 11 is 0. The third-order valence-corrected chi connectivity index (χ3v) is 3.22. The third kappa shape index (κ3) is 4.05. The second kappa shape index (κ2) is 6.88. The van der Waals surface area contributed by atoms with Crippen molar-refractivity contribution in [2.24, 2.45) is 0 Å². The first-order valence-electron chi connectivity index (χ1n) is 6.77. The molecule has 0 bridgehead atoms. The molecular formula is C17H18FNO2. The first-order valence-corrected chi connectivity index (χ1v) is 6.77. The molecule has 2 aromatic carbocycles. The molecule has 0 atom stereocenters. The molecule has 0 saturated heterocycles. The second-order valence-electron chi connectivity index (χ2n) is 4.80. The number of rotatable bonds is 6. The van der Waals surface area contributed by atoms with Crippen molar-refractivity contribution >= 4 is 11.5 Å². The maximum atomic E-state index is 12.9. The monoisotopic (exact) mass is 287 g/mol. The summed E-state index contributed by atoms with van der Waals surface area (Å²) in [4.78, 5) is 13.5. The maximum Gasteiger partial charge on any atom is 0.163 e. The quantitative estimate of drug-likeness (QED) is 0.761. The highest BCUT2D eigenvalue weighted by atomic mass is 19.1. The average Bonchev–Trinajstić information content (AvgIpc) is 2.48. The lowest BCUT2D eigenvalue weighted by molar-refractivity contribution is 0.101. The van der Waals surface area contributed by atoms with Gasteiger partial charge in [0.1, 0.15) is 18.2 Å². The van der Waals surface area contributed by atoms with E-state index in [0.717, 1.165) is 5.69 Å². The molecule has 0 radical (unpaired) electrons. The van der Waals surface area contributed by atoms with Gasteiger partial charge in [-0.1, -0.05) is 12.1 Å². The molecule has 110 valence electrons. The molecule has 21 heavy (non-hydrogen) atoms. The summed E-state index contributed by atoms with van der Waals surface area (Å²) in [6, 6.07) is 13.5. The number of halogens is 1. The van der Waals surface area contributed by atoms with Gasteiger partial charge in [0, 0.05) is 12.7 Å². The zero-order chi connectivity index (χ0) is 15.2.